The first-order valence-electron chi connectivity index (χ1n) is 8.51. The number of hydrogen-bond acceptors (Lipinski definition) is 5. The summed E-state index contributed by atoms with van der Waals surface area (Å²) in [6.45, 7) is 3.16. The quantitative estimate of drug-likeness (QED) is 0.803. The van der Waals surface area contributed by atoms with Crippen molar-refractivity contribution in [2.75, 3.05) is 27.2 Å². The summed E-state index contributed by atoms with van der Waals surface area (Å²) in [7, 11) is -0.221. The molecule has 1 fully saturated rings. The maximum absolute atomic E-state index is 12.8. The minimum absolute atomic E-state index is 0.181. The van der Waals surface area contributed by atoms with Crippen molar-refractivity contribution in [3.63, 3.8) is 0 Å². The third-order valence-electron chi connectivity index (χ3n) is 4.45. The van der Waals surface area contributed by atoms with Crippen LogP contribution in [-0.2, 0) is 10.0 Å². The van der Waals surface area contributed by atoms with Crippen molar-refractivity contribution in [3.8, 4) is 5.82 Å². The van der Waals surface area contributed by atoms with Gasteiger partial charge in [-0.3, -0.25) is 9.36 Å². The number of sulfonamides is 1. The van der Waals surface area contributed by atoms with Crippen LogP contribution in [0.1, 0.15) is 30.3 Å². The van der Waals surface area contributed by atoms with Gasteiger partial charge in [0.05, 0.1) is 0 Å². The average Bonchev–Trinajstić information content (AvgIpc) is 3.11. The van der Waals surface area contributed by atoms with E-state index in [0.717, 1.165) is 12.8 Å². The van der Waals surface area contributed by atoms with Crippen LogP contribution in [0.25, 0.3) is 5.82 Å². The van der Waals surface area contributed by atoms with Crippen molar-refractivity contribution in [1.29, 1.82) is 0 Å². The number of hydrogen-bond donors (Lipinski definition) is 0. The van der Waals surface area contributed by atoms with E-state index in [1.807, 2.05) is 0 Å². The number of aromatic nitrogens is 3. The van der Waals surface area contributed by atoms with Crippen molar-refractivity contribution in [2.24, 2.45) is 5.92 Å². The first-order valence-corrected chi connectivity index (χ1v) is 9.95. The molecule has 2 aromatic heterocycles. The van der Waals surface area contributed by atoms with Crippen LogP contribution >= 0.6 is 0 Å². The van der Waals surface area contributed by atoms with E-state index < -0.39 is 10.0 Å². The van der Waals surface area contributed by atoms with Gasteiger partial charge >= 0.3 is 0 Å². The number of piperidine rings is 1. The highest BCUT2D eigenvalue weighted by molar-refractivity contribution is 7.89. The predicted molar refractivity (Wildman–Crippen MR) is 96.5 cm³/mol. The number of nitrogens with zero attached hydrogens (tertiary/aromatic N) is 5. The van der Waals surface area contributed by atoms with Gasteiger partial charge < -0.3 is 4.90 Å². The lowest BCUT2D eigenvalue weighted by molar-refractivity contribution is 0.0822. The van der Waals surface area contributed by atoms with Crippen LogP contribution in [0.2, 0.25) is 0 Å². The molecule has 3 heterocycles. The fraction of sp³-hybridized carbons (Fsp3) is 0.471. The van der Waals surface area contributed by atoms with Gasteiger partial charge in [0.25, 0.3) is 5.91 Å². The van der Waals surface area contributed by atoms with Crippen molar-refractivity contribution < 1.29 is 13.2 Å². The fourth-order valence-electron chi connectivity index (χ4n) is 2.98. The van der Waals surface area contributed by atoms with Crippen molar-refractivity contribution in [3.05, 3.63) is 36.5 Å². The van der Waals surface area contributed by atoms with E-state index in [1.165, 1.54) is 21.7 Å². The van der Waals surface area contributed by atoms with Crippen LogP contribution in [0.4, 0.5) is 0 Å². The Morgan fingerprint density at radius 1 is 1.27 bits per heavy atom. The second-order valence-corrected chi connectivity index (χ2v) is 8.77. The van der Waals surface area contributed by atoms with Crippen molar-refractivity contribution >= 4 is 15.9 Å². The number of carbonyl (C=O) groups is 1. The maximum Gasteiger partial charge on any atom is 0.273 e. The highest BCUT2D eigenvalue weighted by Crippen LogP contribution is 2.23. The summed E-state index contributed by atoms with van der Waals surface area (Å²) < 4.78 is 28.7. The molecule has 1 saturated heterocycles. The van der Waals surface area contributed by atoms with E-state index in [-0.39, 0.29) is 10.8 Å². The molecule has 9 heteroatoms. The molecule has 26 heavy (non-hydrogen) atoms. The van der Waals surface area contributed by atoms with E-state index in [0.29, 0.717) is 30.5 Å². The summed E-state index contributed by atoms with van der Waals surface area (Å²) in [4.78, 5) is 21.9. The summed E-state index contributed by atoms with van der Waals surface area (Å²) >= 11 is 0. The first kappa shape index (κ1) is 18.5. The molecule has 3 rings (SSSR count). The van der Waals surface area contributed by atoms with Gasteiger partial charge in [0, 0.05) is 39.6 Å². The molecule has 0 N–H and O–H groups in total. The molecule has 1 unspecified atom stereocenters. The topological polar surface area (TPSA) is 88.4 Å². The van der Waals surface area contributed by atoms with Crippen molar-refractivity contribution in [1.82, 2.24) is 23.7 Å². The third kappa shape index (κ3) is 3.63. The van der Waals surface area contributed by atoms with E-state index in [2.05, 4.69) is 16.9 Å². The number of pyridine rings is 1. The Balaban J connectivity index is 1.81. The molecule has 1 atom stereocenters. The molecule has 1 aliphatic heterocycles. The van der Waals surface area contributed by atoms with Gasteiger partial charge in [-0.15, -0.1) is 0 Å². The van der Waals surface area contributed by atoms with Gasteiger partial charge in [0.15, 0.2) is 0 Å². The minimum atomic E-state index is -3.53. The number of rotatable bonds is 4. The highest BCUT2D eigenvalue weighted by Gasteiger charge is 2.28. The Morgan fingerprint density at radius 3 is 2.65 bits per heavy atom. The molecule has 0 aliphatic carbocycles. The van der Waals surface area contributed by atoms with E-state index in [1.54, 1.807) is 37.0 Å². The van der Waals surface area contributed by atoms with Crippen LogP contribution in [0.3, 0.4) is 0 Å². The third-order valence-corrected chi connectivity index (χ3v) is 6.30. The van der Waals surface area contributed by atoms with E-state index >= 15 is 0 Å². The van der Waals surface area contributed by atoms with Crippen LogP contribution in [0.5, 0.6) is 0 Å². The minimum Gasteiger partial charge on any atom is -0.343 e. The van der Waals surface area contributed by atoms with Gasteiger partial charge in [-0.1, -0.05) is 6.92 Å². The molecular formula is C17H23N5O3S. The van der Waals surface area contributed by atoms with E-state index in [4.69, 9.17) is 0 Å². The number of carbonyl (C=O) groups excluding carboxylic acids is 1. The lowest BCUT2D eigenvalue weighted by Crippen LogP contribution is -2.39. The summed E-state index contributed by atoms with van der Waals surface area (Å²) in [5, 5.41) is 0. The van der Waals surface area contributed by atoms with Crippen LogP contribution < -0.4 is 0 Å². The second kappa shape index (κ2) is 7.16. The van der Waals surface area contributed by atoms with Crippen LogP contribution in [0.15, 0.2) is 35.7 Å². The maximum atomic E-state index is 12.8. The smallest absolute Gasteiger partial charge is 0.273 e. The Labute approximate surface area is 153 Å². The largest absolute Gasteiger partial charge is 0.343 e. The standard InChI is InChI=1S/C17H23N5O3S/c1-13-5-4-8-22(10-13)26(24,25)14-6-7-16(18-9-14)21-11-15(19-12-21)17(23)20(2)3/h6-7,9,11-13H,4-5,8,10H2,1-3H3. The fourth-order valence-corrected chi connectivity index (χ4v) is 4.52. The van der Waals surface area contributed by atoms with Crippen molar-refractivity contribution in [2.45, 2.75) is 24.7 Å². The Morgan fingerprint density at radius 2 is 2.04 bits per heavy atom. The molecule has 0 bridgehead atoms. The summed E-state index contributed by atoms with van der Waals surface area (Å²) in [5.74, 6) is 0.660. The van der Waals surface area contributed by atoms with Gasteiger partial charge in [0.1, 0.15) is 22.7 Å². The normalized spacial score (nSPS) is 18.7. The zero-order valence-electron chi connectivity index (χ0n) is 15.2. The van der Waals surface area contributed by atoms with Gasteiger partial charge in [-0.2, -0.15) is 4.31 Å². The zero-order valence-corrected chi connectivity index (χ0v) is 16.0. The van der Waals surface area contributed by atoms with E-state index in [9.17, 15) is 13.2 Å². The molecule has 0 radical (unpaired) electrons. The summed E-state index contributed by atoms with van der Waals surface area (Å²) in [6.07, 6.45) is 6.35. The first-order chi connectivity index (χ1) is 12.3. The molecular weight excluding hydrogens is 354 g/mol. The van der Waals surface area contributed by atoms with Gasteiger partial charge in [0.2, 0.25) is 10.0 Å². The molecule has 2 aromatic rings. The average molecular weight is 377 g/mol. The molecule has 0 saturated carbocycles. The Hall–Kier alpha value is -2.26. The monoisotopic (exact) mass is 377 g/mol. The van der Waals surface area contributed by atoms with Crippen LogP contribution in [-0.4, -0.2) is 65.3 Å². The summed E-state index contributed by atoms with van der Waals surface area (Å²) in [5.41, 5.74) is 0.302. The molecule has 1 aliphatic rings. The molecule has 0 spiro atoms. The predicted octanol–water partition coefficient (Wildman–Crippen LogP) is 1.39. The molecule has 8 nitrogen and oxygen atoms in total. The summed E-state index contributed by atoms with van der Waals surface area (Å²) in [6, 6.07) is 3.16. The molecule has 1 amide bonds. The highest BCUT2D eigenvalue weighted by atomic mass is 32.2. The molecule has 140 valence electrons. The lowest BCUT2D eigenvalue weighted by Gasteiger charge is -2.29. The zero-order chi connectivity index (χ0) is 18.9. The van der Waals surface area contributed by atoms with Gasteiger partial charge in [-0.25, -0.2) is 18.4 Å². The van der Waals surface area contributed by atoms with Crippen LogP contribution in [0, 0.1) is 5.92 Å². The molecule has 0 aromatic carbocycles. The SMILES string of the molecule is CC1CCCN(S(=O)(=O)c2ccc(-n3cnc(C(=O)N(C)C)c3)nc2)C1. The van der Waals surface area contributed by atoms with Gasteiger partial charge in [-0.05, 0) is 30.9 Å². The number of imidazole rings is 1. The lowest BCUT2D eigenvalue weighted by atomic mass is 10.0. The Bertz CT molecular complexity index is 889. The Kier molecular flexibility index (Phi) is 5.10. The second-order valence-electron chi connectivity index (χ2n) is 6.83. The number of amides is 1.